The SMILES string of the molecule is CCCNCCNC(=O)COc1cccc(C(C)=O)c1. The van der Waals surface area contributed by atoms with Crippen molar-refractivity contribution in [3.63, 3.8) is 0 Å². The number of hydrogen-bond acceptors (Lipinski definition) is 4. The van der Waals surface area contributed by atoms with Crippen molar-refractivity contribution in [2.24, 2.45) is 0 Å². The second-order valence-corrected chi connectivity index (χ2v) is 4.47. The van der Waals surface area contributed by atoms with E-state index < -0.39 is 0 Å². The Morgan fingerprint density at radius 3 is 2.70 bits per heavy atom. The summed E-state index contributed by atoms with van der Waals surface area (Å²) in [5.74, 6) is 0.329. The number of benzene rings is 1. The molecule has 1 aromatic carbocycles. The number of ketones is 1. The second-order valence-electron chi connectivity index (χ2n) is 4.47. The Hall–Kier alpha value is -1.88. The van der Waals surface area contributed by atoms with Gasteiger partial charge >= 0.3 is 0 Å². The monoisotopic (exact) mass is 278 g/mol. The molecule has 1 rings (SSSR count). The van der Waals surface area contributed by atoms with Crippen molar-refractivity contribution in [1.82, 2.24) is 10.6 Å². The zero-order valence-electron chi connectivity index (χ0n) is 12.1. The van der Waals surface area contributed by atoms with Crippen LogP contribution >= 0.6 is 0 Å². The van der Waals surface area contributed by atoms with Gasteiger partial charge in [-0.25, -0.2) is 0 Å². The van der Waals surface area contributed by atoms with Crippen LogP contribution in [-0.4, -0.2) is 37.9 Å². The molecule has 0 radical (unpaired) electrons. The zero-order valence-corrected chi connectivity index (χ0v) is 12.1. The van der Waals surface area contributed by atoms with Gasteiger partial charge < -0.3 is 15.4 Å². The van der Waals surface area contributed by atoms with Crippen molar-refractivity contribution in [2.45, 2.75) is 20.3 Å². The van der Waals surface area contributed by atoms with Crippen LogP contribution in [0.5, 0.6) is 5.75 Å². The average Bonchev–Trinajstić information content (AvgIpc) is 2.45. The van der Waals surface area contributed by atoms with E-state index in [9.17, 15) is 9.59 Å². The highest BCUT2D eigenvalue weighted by atomic mass is 16.5. The largest absolute Gasteiger partial charge is 0.484 e. The molecular formula is C15H22N2O3. The molecule has 0 saturated carbocycles. The molecule has 0 aliphatic rings. The topological polar surface area (TPSA) is 67.4 Å². The fourth-order valence-electron chi connectivity index (χ4n) is 1.60. The maximum absolute atomic E-state index is 11.5. The van der Waals surface area contributed by atoms with Crippen LogP contribution in [0.3, 0.4) is 0 Å². The molecule has 0 aliphatic heterocycles. The number of nitrogens with one attached hydrogen (secondary N) is 2. The number of rotatable bonds is 9. The van der Waals surface area contributed by atoms with E-state index in [0.717, 1.165) is 19.5 Å². The Balaban J connectivity index is 2.27. The Bertz CT molecular complexity index is 446. The van der Waals surface area contributed by atoms with Crippen molar-refractivity contribution in [1.29, 1.82) is 0 Å². The highest BCUT2D eigenvalue weighted by Crippen LogP contribution is 2.13. The first kappa shape index (κ1) is 16.2. The molecule has 0 spiro atoms. The van der Waals surface area contributed by atoms with E-state index in [1.54, 1.807) is 24.3 Å². The van der Waals surface area contributed by atoms with Gasteiger partial charge in [-0.3, -0.25) is 9.59 Å². The summed E-state index contributed by atoms with van der Waals surface area (Å²) < 4.78 is 5.35. The molecule has 5 heteroatoms. The number of Topliss-reactive ketones (excluding diaryl/α,β-unsaturated/α-hetero) is 1. The molecular weight excluding hydrogens is 256 g/mol. The lowest BCUT2D eigenvalue weighted by Crippen LogP contribution is -2.35. The van der Waals surface area contributed by atoms with Gasteiger partial charge in [-0.1, -0.05) is 19.1 Å². The van der Waals surface area contributed by atoms with Crippen LogP contribution in [0.1, 0.15) is 30.6 Å². The first-order valence-corrected chi connectivity index (χ1v) is 6.84. The Labute approximate surface area is 119 Å². The quantitative estimate of drug-likeness (QED) is 0.529. The van der Waals surface area contributed by atoms with Gasteiger partial charge in [0.25, 0.3) is 5.91 Å². The van der Waals surface area contributed by atoms with Crippen LogP contribution in [0, 0.1) is 0 Å². The summed E-state index contributed by atoms with van der Waals surface area (Å²) in [5, 5.41) is 5.95. The van der Waals surface area contributed by atoms with Crippen molar-refractivity contribution in [2.75, 3.05) is 26.2 Å². The standard InChI is InChI=1S/C15H22N2O3/c1-3-7-16-8-9-17-15(19)11-20-14-6-4-5-13(10-14)12(2)18/h4-6,10,16H,3,7-9,11H2,1-2H3,(H,17,19). The maximum Gasteiger partial charge on any atom is 0.257 e. The predicted octanol–water partition coefficient (Wildman–Crippen LogP) is 1.38. The minimum Gasteiger partial charge on any atom is -0.484 e. The number of carbonyl (C=O) groups is 2. The van der Waals surface area contributed by atoms with Gasteiger partial charge in [0.1, 0.15) is 5.75 Å². The van der Waals surface area contributed by atoms with E-state index in [4.69, 9.17) is 4.74 Å². The van der Waals surface area contributed by atoms with Gasteiger partial charge in [0.15, 0.2) is 12.4 Å². The van der Waals surface area contributed by atoms with Crippen molar-refractivity contribution in [3.05, 3.63) is 29.8 Å². The van der Waals surface area contributed by atoms with E-state index in [1.807, 2.05) is 0 Å². The van der Waals surface area contributed by atoms with Crippen molar-refractivity contribution < 1.29 is 14.3 Å². The van der Waals surface area contributed by atoms with Crippen LogP contribution < -0.4 is 15.4 Å². The molecule has 2 N–H and O–H groups in total. The lowest BCUT2D eigenvalue weighted by molar-refractivity contribution is -0.123. The predicted molar refractivity (Wildman–Crippen MR) is 78.1 cm³/mol. The van der Waals surface area contributed by atoms with Crippen LogP contribution in [-0.2, 0) is 4.79 Å². The van der Waals surface area contributed by atoms with Crippen molar-refractivity contribution >= 4 is 11.7 Å². The lowest BCUT2D eigenvalue weighted by Gasteiger charge is -2.08. The summed E-state index contributed by atoms with van der Waals surface area (Å²) in [7, 11) is 0. The van der Waals surface area contributed by atoms with E-state index in [2.05, 4.69) is 17.6 Å². The molecule has 5 nitrogen and oxygen atoms in total. The molecule has 0 aromatic heterocycles. The molecule has 0 bridgehead atoms. The van der Waals surface area contributed by atoms with Gasteiger partial charge in [0.2, 0.25) is 0 Å². The molecule has 0 fully saturated rings. The van der Waals surface area contributed by atoms with E-state index >= 15 is 0 Å². The minimum absolute atomic E-state index is 0.0260. The fraction of sp³-hybridized carbons (Fsp3) is 0.467. The van der Waals surface area contributed by atoms with E-state index in [-0.39, 0.29) is 18.3 Å². The fourth-order valence-corrected chi connectivity index (χ4v) is 1.60. The Morgan fingerprint density at radius 2 is 2.00 bits per heavy atom. The molecule has 0 aliphatic carbocycles. The third-order valence-corrected chi connectivity index (χ3v) is 2.66. The van der Waals surface area contributed by atoms with Crippen molar-refractivity contribution in [3.8, 4) is 5.75 Å². The minimum atomic E-state index is -0.170. The van der Waals surface area contributed by atoms with Gasteiger partial charge in [0.05, 0.1) is 0 Å². The number of ether oxygens (including phenoxy) is 1. The molecule has 1 aromatic rings. The number of hydrogen-bond donors (Lipinski definition) is 2. The molecule has 0 unspecified atom stereocenters. The van der Waals surface area contributed by atoms with E-state index in [1.165, 1.54) is 6.92 Å². The lowest BCUT2D eigenvalue weighted by atomic mass is 10.1. The third-order valence-electron chi connectivity index (χ3n) is 2.66. The summed E-state index contributed by atoms with van der Waals surface area (Å²) in [5.41, 5.74) is 0.576. The smallest absolute Gasteiger partial charge is 0.257 e. The van der Waals surface area contributed by atoms with Crippen LogP contribution in [0.2, 0.25) is 0 Å². The molecule has 0 atom stereocenters. The molecule has 1 amide bonds. The summed E-state index contributed by atoms with van der Waals surface area (Å²) in [6.45, 7) is 5.82. The highest BCUT2D eigenvalue weighted by molar-refractivity contribution is 5.94. The molecule has 0 saturated heterocycles. The normalized spacial score (nSPS) is 10.1. The second kappa shape index (κ2) is 9.09. The summed E-state index contributed by atoms with van der Waals surface area (Å²) in [6, 6.07) is 6.81. The first-order chi connectivity index (χ1) is 9.63. The molecule has 0 heterocycles. The molecule has 110 valence electrons. The summed E-state index contributed by atoms with van der Waals surface area (Å²) in [6.07, 6.45) is 1.07. The first-order valence-electron chi connectivity index (χ1n) is 6.84. The van der Waals surface area contributed by atoms with Gasteiger partial charge in [-0.05, 0) is 32.0 Å². The molecule has 20 heavy (non-hydrogen) atoms. The maximum atomic E-state index is 11.5. The zero-order chi connectivity index (χ0) is 14.8. The average molecular weight is 278 g/mol. The summed E-state index contributed by atoms with van der Waals surface area (Å²) >= 11 is 0. The number of amides is 1. The van der Waals surface area contributed by atoms with Crippen LogP contribution in [0.4, 0.5) is 0 Å². The summed E-state index contributed by atoms with van der Waals surface area (Å²) in [4.78, 5) is 22.8. The third kappa shape index (κ3) is 6.33. The van der Waals surface area contributed by atoms with Crippen LogP contribution in [0.25, 0.3) is 0 Å². The van der Waals surface area contributed by atoms with Gasteiger partial charge in [0, 0.05) is 18.7 Å². The Kier molecular flexibility index (Phi) is 7.35. The van der Waals surface area contributed by atoms with Gasteiger partial charge in [-0.2, -0.15) is 0 Å². The van der Waals surface area contributed by atoms with Gasteiger partial charge in [-0.15, -0.1) is 0 Å². The van der Waals surface area contributed by atoms with E-state index in [0.29, 0.717) is 17.9 Å². The number of carbonyl (C=O) groups excluding carboxylic acids is 2. The van der Waals surface area contributed by atoms with Crippen LogP contribution in [0.15, 0.2) is 24.3 Å². The highest BCUT2D eigenvalue weighted by Gasteiger charge is 2.04. The Morgan fingerprint density at radius 1 is 1.20 bits per heavy atom.